The lowest BCUT2D eigenvalue weighted by Gasteiger charge is -2.07. The maximum atomic E-state index is 12.4. The summed E-state index contributed by atoms with van der Waals surface area (Å²) in [6, 6.07) is 11.6. The zero-order chi connectivity index (χ0) is 19.4. The Labute approximate surface area is 161 Å². The quantitative estimate of drug-likeness (QED) is 0.643. The normalized spacial score (nSPS) is 12.1. The molecule has 1 aromatic carbocycles. The lowest BCUT2D eigenvalue weighted by molar-refractivity contribution is 0.532. The molecule has 0 saturated heterocycles. The summed E-state index contributed by atoms with van der Waals surface area (Å²) in [5.41, 5.74) is 4.00. The lowest BCUT2D eigenvalue weighted by atomic mass is 10.2. The van der Waals surface area contributed by atoms with E-state index in [0.717, 1.165) is 34.3 Å². The van der Waals surface area contributed by atoms with Crippen molar-refractivity contribution in [2.45, 2.75) is 39.5 Å². The summed E-state index contributed by atoms with van der Waals surface area (Å²) >= 11 is 0. The summed E-state index contributed by atoms with van der Waals surface area (Å²) in [6.07, 6.45) is 4.54. The molecule has 6 heteroatoms. The van der Waals surface area contributed by atoms with Crippen molar-refractivity contribution in [3.05, 3.63) is 65.5 Å². The molecule has 0 fully saturated rings. The molecule has 0 unspecified atom stereocenters. The minimum absolute atomic E-state index is 0.00391. The summed E-state index contributed by atoms with van der Waals surface area (Å²) in [5.74, 6) is 0.521. The second-order valence-electron chi connectivity index (χ2n) is 7.46. The summed E-state index contributed by atoms with van der Waals surface area (Å²) in [5, 5.41) is 1.09. The molecule has 0 amide bonds. The van der Waals surface area contributed by atoms with Gasteiger partial charge in [0.05, 0.1) is 5.75 Å². The molecule has 3 aromatic rings. The number of sulfonamides is 1. The van der Waals surface area contributed by atoms with Crippen LogP contribution >= 0.6 is 0 Å². The van der Waals surface area contributed by atoms with Gasteiger partial charge in [0.1, 0.15) is 5.65 Å². The van der Waals surface area contributed by atoms with Crippen LogP contribution in [0.1, 0.15) is 30.5 Å². The third kappa shape index (κ3) is 5.17. The van der Waals surface area contributed by atoms with Crippen LogP contribution in [0.15, 0.2) is 48.8 Å². The van der Waals surface area contributed by atoms with Gasteiger partial charge < -0.3 is 4.57 Å². The van der Waals surface area contributed by atoms with E-state index in [4.69, 9.17) is 0 Å². The van der Waals surface area contributed by atoms with Crippen LogP contribution in [0.25, 0.3) is 11.0 Å². The van der Waals surface area contributed by atoms with Crippen molar-refractivity contribution in [1.29, 1.82) is 0 Å². The second-order valence-corrected chi connectivity index (χ2v) is 9.27. The highest BCUT2D eigenvalue weighted by Crippen LogP contribution is 2.21. The van der Waals surface area contributed by atoms with Crippen molar-refractivity contribution in [3.63, 3.8) is 0 Å². The predicted molar refractivity (Wildman–Crippen MR) is 110 cm³/mol. The molecule has 2 aromatic heterocycles. The van der Waals surface area contributed by atoms with Gasteiger partial charge in [0.15, 0.2) is 0 Å². The van der Waals surface area contributed by atoms with E-state index in [-0.39, 0.29) is 5.75 Å². The van der Waals surface area contributed by atoms with Gasteiger partial charge >= 0.3 is 0 Å². The van der Waals surface area contributed by atoms with Crippen LogP contribution in [0.5, 0.6) is 0 Å². The maximum absolute atomic E-state index is 12.4. The lowest BCUT2D eigenvalue weighted by Crippen LogP contribution is -2.27. The standard InChI is InChI=1S/C21H27N3O2S/c1-16(2)13-24-14-19(20-5-4-11-22-21(20)24)10-12-23-27(25,26)15-18-8-6-17(3)7-9-18/h4-9,11,14,16,23H,10,12-13,15H2,1-3H3. The number of pyridine rings is 1. The molecule has 0 spiro atoms. The number of nitrogens with zero attached hydrogens (tertiary/aromatic N) is 2. The first-order valence-corrected chi connectivity index (χ1v) is 10.9. The van der Waals surface area contributed by atoms with E-state index in [0.29, 0.717) is 18.9 Å². The molecule has 0 radical (unpaired) electrons. The maximum Gasteiger partial charge on any atom is 0.215 e. The number of hydrogen-bond donors (Lipinski definition) is 1. The van der Waals surface area contributed by atoms with E-state index < -0.39 is 10.0 Å². The number of hydrogen-bond acceptors (Lipinski definition) is 3. The monoisotopic (exact) mass is 385 g/mol. The highest BCUT2D eigenvalue weighted by Gasteiger charge is 2.13. The molecule has 5 nitrogen and oxygen atoms in total. The van der Waals surface area contributed by atoms with E-state index in [2.05, 4.69) is 40.4 Å². The minimum atomic E-state index is -3.36. The van der Waals surface area contributed by atoms with Crippen LogP contribution in [0.4, 0.5) is 0 Å². The third-order valence-electron chi connectivity index (χ3n) is 4.47. The number of nitrogens with one attached hydrogen (secondary N) is 1. The fourth-order valence-electron chi connectivity index (χ4n) is 3.22. The zero-order valence-corrected chi connectivity index (χ0v) is 17.0. The Hall–Kier alpha value is -2.18. The van der Waals surface area contributed by atoms with Crippen molar-refractivity contribution in [3.8, 4) is 0 Å². The second kappa shape index (κ2) is 8.23. The van der Waals surface area contributed by atoms with Gasteiger partial charge in [0, 0.05) is 30.9 Å². The van der Waals surface area contributed by atoms with Gasteiger partial charge in [-0.3, -0.25) is 0 Å². The molecule has 0 aliphatic heterocycles. The molecule has 3 rings (SSSR count). The fraction of sp³-hybridized carbons (Fsp3) is 0.381. The van der Waals surface area contributed by atoms with Crippen molar-refractivity contribution in [2.24, 2.45) is 5.92 Å². The molecule has 2 heterocycles. The van der Waals surface area contributed by atoms with Gasteiger partial charge in [-0.25, -0.2) is 18.1 Å². The van der Waals surface area contributed by atoms with Crippen LogP contribution in [-0.2, 0) is 28.7 Å². The van der Waals surface area contributed by atoms with Crippen molar-refractivity contribution < 1.29 is 8.42 Å². The molecule has 27 heavy (non-hydrogen) atoms. The predicted octanol–water partition coefficient (Wildman–Crippen LogP) is 3.66. The molecular weight excluding hydrogens is 358 g/mol. The van der Waals surface area contributed by atoms with Gasteiger partial charge in [-0.1, -0.05) is 43.7 Å². The average Bonchev–Trinajstić information content (AvgIpc) is 2.94. The van der Waals surface area contributed by atoms with E-state index in [9.17, 15) is 8.42 Å². The minimum Gasteiger partial charge on any atom is -0.332 e. The summed E-state index contributed by atoms with van der Waals surface area (Å²) in [6.45, 7) is 7.61. The average molecular weight is 386 g/mol. The smallest absolute Gasteiger partial charge is 0.215 e. The molecular formula is C21H27N3O2S. The van der Waals surface area contributed by atoms with Gasteiger partial charge in [-0.05, 0) is 42.5 Å². The van der Waals surface area contributed by atoms with Crippen LogP contribution in [0.3, 0.4) is 0 Å². The summed E-state index contributed by atoms with van der Waals surface area (Å²) in [7, 11) is -3.36. The van der Waals surface area contributed by atoms with Crippen LogP contribution in [0, 0.1) is 12.8 Å². The van der Waals surface area contributed by atoms with E-state index in [1.54, 1.807) is 6.20 Å². The summed E-state index contributed by atoms with van der Waals surface area (Å²) in [4.78, 5) is 4.50. The van der Waals surface area contributed by atoms with E-state index >= 15 is 0 Å². The van der Waals surface area contributed by atoms with Crippen molar-refractivity contribution in [2.75, 3.05) is 6.54 Å². The first-order valence-electron chi connectivity index (χ1n) is 9.29. The summed E-state index contributed by atoms with van der Waals surface area (Å²) < 4.78 is 29.6. The molecule has 144 valence electrons. The molecule has 0 saturated carbocycles. The molecule has 0 atom stereocenters. The van der Waals surface area contributed by atoms with Gasteiger partial charge in [-0.2, -0.15) is 0 Å². The molecule has 0 bridgehead atoms. The van der Waals surface area contributed by atoms with Crippen molar-refractivity contribution >= 4 is 21.1 Å². The Balaban J connectivity index is 1.67. The first-order chi connectivity index (χ1) is 12.8. The SMILES string of the molecule is Cc1ccc(CS(=O)(=O)NCCc2cn(CC(C)C)c3ncccc23)cc1. The highest BCUT2D eigenvalue weighted by molar-refractivity contribution is 7.88. The van der Waals surface area contributed by atoms with Crippen molar-refractivity contribution in [1.82, 2.24) is 14.3 Å². The Morgan fingerprint density at radius 2 is 1.89 bits per heavy atom. The number of benzene rings is 1. The van der Waals surface area contributed by atoms with Gasteiger partial charge in [0.2, 0.25) is 10.0 Å². The molecule has 0 aliphatic rings. The Morgan fingerprint density at radius 3 is 2.59 bits per heavy atom. The zero-order valence-electron chi connectivity index (χ0n) is 16.1. The van der Waals surface area contributed by atoms with Crippen LogP contribution < -0.4 is 4.72 Å². The Bertz CT molecular complexity index is 1010. The first kappa shape index (κ1) is 19.6. The third-order valence-corrected chi connectivity index (χ3v) is 5.83. The Kier molecular flexibility index (Phi) is 5.97. The van der Waals surface area contributed by atoms with Crippen LogP contribution in [-0.4, -0.2) is 24.5 Å². The number of aryl methyl sites for hydroxylation is 1. The number of fused-ring (bicyclic) bond motifs is 1. The number of rotatable bonds is 8. The highest BCUT2D eigenvalue weighted by atomic mass is 32.2. The molecule has 1 N–H and O–H groups in total. The number of aromatic nitrogens is 2. The largest absolute Gasteiger partial charge is 0.332 e. The molecule has 0 aliphatic carbocycles. The Morgan fingerprint density at radius 1 is 1.15 bits per heavy atom. The van der Waals surface area contributed by atoms with Crippen LogP contribution in [0.2, 0.25) is 0 Å². The fourth-order valence-corrected chi connectivity index (χ4v) is 4.37. The topological polar surface area (TPSA) is 64.0 Å². The van der Waals surface area contributed by atoms with E-state index in [1.165, 1.54) is 0 Å². The van der Waals surface area contributed by atoms with Gasteiger partial charge in [0.25, 0.3) is 0 Å². The van der Waals surface area contributed by atoms with Gasteiger partial charge in [-0.15, -0.1) is 0 Å². The van der Waals surface area contributed by atoms with E-state index in [1.807, 2.05) is 37.3 Å².